The van der Waals surface area contributed by atoms with Gasteiger partial charge in [0.2, 0.25) is 0 Å². The van der Waals surface area contributed by atoms with E-state index in [-0.39, 0.29) is 11.9 Å². The minimum Gasteiger partial charge on any atom is -0.350 e. The van der Waals surface area contributed by atoms with Crippen LogP contribution in [0.4, 0.5) is 0 Å². The van der Waals surface area contributed by atoms with Crippen molar-refractivity contribution < 1.29 is 4.79 Å². The fraction of sp³-hybridized carbons (Fsp3) is 0.188. The van der Waals surface area contributed by atoms with Gasteiger partial charge in [-0.3, -0.25) is 4.79 Å². The highest BCUT2D eigenvalue weighted by Gasteiger charge is 2.13. The second kappa shape index (κ2) is 6.55. The third kappa shape index (κ3) is 3.38. The Bertz CT molecular complexity index is 599. The maximum atomic E-state index is 12.1. The van der Waals surface area contributed by atoms with Crippen molar-refractivity contribution in [3.63, 3.8) is 0 Å². The molecule has 0 saturated heterocycles. The highest BCUT2D eigenvalue weighted by atomic mass is 35.5. The third-order valence-corrected chi connectivity index (χ3v) is 3.65. The van der Waals surface area contributed by atoms with Crippen LogP contribution in [-0.4, -0.2) is 12.5 Å². The van der Waals surface area contributed by atoms with E-state index in [4.69, 9.17) is 17.3 Å². The molecule has 2 aromatic rings. The van der Waals surface area contributed by atoms with Gasteiger partial charge >= 0.3 is 0 Å². The summed E-state index contributed by atoms with van der Waals surface area (Å²) in [7, 11) is 0. The number of amides is 1. The molecule has 4 heteroatoms. The maximum Gasteiger partial charge on any atom is 0.252 e. The molecule has 20 heavy (non-hydrogen) atoms. The first kappa shape index (κ1) is 14.6. The number of nitrogens with two attached hydrogens (primary N) is 1. The Balaban J connectivity index is 2.01. The zero-order valence-corrected chi connectivity index (χ0v) is 12.0. The van der Waals surface area contributed by atoms with Crippen molar-refractivity contribution >= 4 is 17.5 Å². The average molecular weight is 289 g/mol. The molecule has 0 radical (unpaired) electrons. The van der Waals surface area contributed by atoms with Crippen LogP contribution in [0, 0.1) is 6.92 Å². The molecule has 1 unspecified atom stereocenters. The Labute approximate surface area is 123 Å². The lowest BCUT2D eigenvalue weighted by molar-refractivity contribution is 0.0951. The highest BCUT2D eigenvalue weighted by molar-refractivity contribution is 6.34. The van der Waals surface area contributed by atoms with Crippen molar-refractivity contribution in [3.8, 4) is 0 Å². The van der Waals surface area contributed by atoms with E-state index in [0.717, 1.165) is 11.1 Å². The molecular weight excluding hydrogens is 272 g/mol. The van der Waals surface area contributed by atoms with Crippen LogP contribution in [0.3, 0.4) is 0 Å². The van der Waals surface area contributed by atoms with Crippen LogP contribution >= 0.6 is 11.6 Å². The zero-order valence-electron chi connectivity index (χ0n) is 11.3. The van der Waals surface area contributed by atoms with Crippen LogP contribution in [0.2, 0.25) is 5.02 Å². The Kier molecular flexibility index (Phi) is 4.77. The van der Waals surface area contributed by atoms with E-state index in [1.54, 1.807) is 6.07 Å². The molecule has 1 atom stereocenters. The normalized spacial score (nSPS) is 11.9. The second-order valence-corrected chi connectivity index (χ2v) is 5.04. The molecule has 2 rings (SSSR count). The number of hydrogen-bond acceptors (Lipinski definition) is 2. The second-order valence-electron chi connectivity index (χ2n) is 4.66. The summed E-state index contributed by atoms with van der Waals surface area (Å²) in [5.74, 6) is -0.204. The number of rotatable bonds is 4. The molecule has 3 nitrogen and oxygen atoms in total. The summed E-state index contributed by atoms with van der Waals surface area (Å²) in [6.45, 7) is 2.24. The number of aryl methyl sites for hydroxylation is 1. The van der Waals surface area contributed by atoms with Gasteiger partial charge in [0.25, 0.3) is 5.91 Å². The minimum absolute atomic E-state index is 0.204. The van der Waals surface area contributed by atoms with Gasteiger partial charge in [-0.2, -0.15) is 0 Å². The Morgan fingerprint density at radius 1 is 1.20 bits per heavy atom. The lowest BCUT2D eigenvalue weighted by atomic mass is 10.1. The molecule has 0 aromatic heterocycles. The van der Waals surface area contributed by atoms with Gasteiger partial charge < -0.3 is 11.1 Å². The molecule has 0 aliphatic carbocycles. The first-order chi connectivity index (χ1) is 9.59. The van der Waals surface area contributed by atoms with Crippen molar-refractivity contribution in [1.82, 2.24) is 5.32 Å². The van der Waals surface area contributed by atoms with E-state index >= 15 is 0 Å². The van der Waals surface area contributed by atoms with E-state index < -0.39 is 0 Å². The molecule has 0 heterocycles. The van der Waals surface area contributed by atoms with Crippen molar-refractivity contribution in [2.75, 3.05) is 6.54 Å². The predicted octanol–water partition coefficient (Wildman–Crippen LogP) is 3.08. The molecule has 3 N–H and O–H groups in total. The van der Waals surface area contributed by atoms with Crippen LogP contribution in [-0.2, 0) is 0 Å². The summed E-state index contributed by atoms with van der Waals surface area (Å²) in [6, 6.07) is 14.8. The van der Waals surface area contributed by atoms with Gasteiger partial charge in [-0.05, 0) is 24.1 Å². The molecule has 0 spiro atoms. The van der Waals surface area contributed by atoms with E-state index in [1.807, 2.05) is 49.4 Å². The van der Waals surface area contributed by atoms with Gasteiger partial charge in [0.1, 0.15) is 0 Å². The smallest absolute Gasteiger partial charge is 0.252 e. The monoisotopic (exact) mass is 288 g/mol. The van der Waals surface area contributed by atoms with Crippen LogP contribution in [0.25, 0.3) is 0 Å². The van der Waals surface area contributed by atoms with Crippen LogP contribution in [0.5, 0.6) is 0 Å². The van der Waals surface area contributed by atoms with Gasteiger partial charge in [-0.1, -0.05) is 54.1 Å². The molecule has 0 aliphatic rings. The summed E-state index contributed by atoms with van der Waals surface area (Å²) in [4.78, 5) is 12.1. The number of halogens is 1. The topological polar surface area (TPSA) is 55.1 Å². The Hall–Kier alpha value is -1.84. The number of benzene rings is 2. The first-order valence-electron chi connectivity index (χ1n) is 6.43. The van der Waals surface area contributed by atoms with Gasteiger partial charge in [-0.25, -0.2) is 0 Å². The van der Waals surface area contributed by atoms with E-state index in [2.05, 4.69) is 5.32 Å². The quantitative estimate of drug-likeness (QED) is 0.908. The number of hydrogen-bond donors (Lipinski definition) is 2. The van der Waals surface area contributed by atoms with Gasteiger partial charge in [0.15, 0.2) is 0 Å². The molecule has 0 saturated carbocycles. The van der Waals surface area contributed by atoms with Gasteiger partial charge in [-0.15, -0.1) is 0 Å². The van der Waals surface area contributed by atoms with Crippen molar-refractivity contribution in [2.24, 2.45) is 5.73 Å². The van der Waals surface area contributed by atoms with Crippen molar-refractivity contribution in [2.45, 2.75) is 13.0 Å². The average Bonchev–Trinajstić information content (AvgIpc) is 2.48. The summed E-state index contributed by atoms with van der Waals surface area (Å²) in [5.41, 5.74) is 8.39. The van der Waals surface area contributed by atoms with Crippen LogP contribution in [0.15, 0.2) is 48.5 Å². The maximum absolute atomic E-state index is 12.1. The largest absolute Gasteiger partial charge is 0.350 e. The van der Waals surface area contributed by atoms with Gasteiger partial charge in [0.05, 0.1) is 10.6 Å². The SMILES string of the molecule is Cc1cccc(C(=O)NCC(N)c2ccccc2)c1Cl. The summed E-state index contributed by atoms with van der Waals surface area (Å²) < 4.78 is 0. The molecule has 0 fully saturated rings. The Morgan fingerprint density at radius 3 is 2.60 bits per heavy atom. The third-order valence-electron chi connectivity index (χ3n) is 3.15. The minimum atomic E-state index is -0.233. The molecule has 2 aromatic carbocycles. The number of nitrogens with one attached hydrogen (secondary N) is 1. The summed E-state index contributed by atoms with van der Waals surface area (Å²) in [6.07, 6.45) is 0. The zero-order chi connectivity index (χ0) is 14.5. The van der Waals surface area contributed by atoms with Crippen molar-refractivity contribution in [3.05, 3.63) is 70.2 Å². The van der Waals surface area contributed by atoms with Gasteiger partial charge in [0, 0.05) is 12.6 Å². The van der Waals surface area contributed by atoms with Crippen molar-refractivity contribution in [1.29, 1.82) is 0 Å². The molecule has 0 aliphatic heterocycles. The molecule has 1 amide bonds. The first-order valence-corrected chi connectivity index (χ1v) is 6.81. The fourth-order valence-corrected chi connectivity index (χ4v) is 2.15. The number of carbonyl (C=O) groups is 1. The summed E-state index contributed by atoms with van der Waals surface area (Å²) >= 11 is 6.13. The number of carbonyl (C=O) groups excluding carboxylic acids is 1. The summed E-state index contributed by atoms with van der Waals surface area (Å²) in [5, 5.41) is 3.30. The standard InChI is InChI=1S/C16H17ClN2O/c1-11-6-5-9-13(15(11)17)16(20)19-10-14(18)12-7-3-2-4-8-12/h2-9,14H,10,18H2,1H3,(H,19,20). The van der Waals surface area contributed by atoms with Crippen LogP contribution < -0.4 is 11.1 Å². The molecule has 0 bridgehead atoms. The predicted molar refractivity (Wildman–Crippen MR) is 81.9 cm³/mol. The van der Waals surface area contributed by atoms with Crippen LogP contribution in [0.1, 0.15) is 27.5 Å². The molecular formula is C16H17ClN2O. The Morgan fingerprint density at radius 2 is 1.90 bits per heavy atom. The fourth-order valence-electron chi connectivity index (χ4n) is 1.94. The lowest BCUT2D eigenvalue weighted by Gasteiger charge is -2.14. The highest BCUT2D eigenvalue weighted by Crippen LogP contribution is 2.20. The van der Waals surface area contributed by atoms with E-state index in [9.17, 15) is 4.79 Å². The lowest BCUT2D eigenvalue weighted by Crippen LogP contribution is -2.32. The van der Waals surface area contributed by atoms with E-state index in [1.165, 1.54) is 0 Å². The van der Waals surface area contributed by atoms with E-state index in [0.29, 0.717) is 17.1 Å². The molecule has 104 valence electrons.